The quantitative estimate of drug-likeness (QED) is 0.556. The molecule has 0 saturated carbocycles. The van der Waals surface area contributed by atoms with Crippen LogP contribution in [0.2, 0.25) is 5.02 Å². The van der Waals surface area contributed by atoms with Crippen molar-refractivity contribution in [1.82, 2.24) is 0 Å². The molecule has 0 nitrogen and oxygen atoms in total. The molecule has 0 fully saturated rings. The number of hydrogen-bond donors (Lipinski definition) is 0. The minimum Gasteiger partial charge on any atom is -0.0837 e. The van der Waals surface area contributed by atoms with E-state index >= 15 is 0 Å². The van der Waals surface area contributed by atoms with Gasteiger partial charge in [0.2, 0.25) is 0 Å². The van der Waals surface area contributed by atoms with Crippen molar-refractivity contribution in [2.75, 3.05) is 0 Å². The second-order valence-corrected chi connectivity index (χ2v) is 2.78. The first-order chi connectivity index (χ1) is 5.38. The molecule has 1 radical (unpaired) electrons. The van der Waals surface area contributed by atoms with Crippen molar-refractivity contribution in [1.29, 1.82) is 0 Å². The SMILES string of the molecule is Clc1cccc2[c]cccc12. The van der Waals surface area contributed by atoms with Gasteiger partial charge in [-0.3, -0.25) is 0 Å². The predicted molar refractivity (Wildman–Crippen MR) is 47.8 cm³/mol. The average Bonchev–Trinajstić information content (AvgIpc) is 2.06. The third-order valence-corrected chi connectivity index (χ3v) is 1.98. The Morgan fingerprint density at radius 2 is 2.00 bits per heavy atom. The minimum atomic E-state index is 0.791. The second kappa shape index (κ2) is 2.55. The van der Waals surface area contributed by atoms with E-state index in [1.54, 1.807) is 0 Å². The molecular weight excluding hydrogens is 156 g/mol. The number of halogens is 1. The van der Waals surface area contributed by atoms with Gasteiger partial charge < -0.3 is 0 Å². The van der Waals surface area contributed by atoms with Crippen LogP contribution in [0, 0.1) is 6.07 Å². The second-order valence-electron chi connectivity index (χ2n) is 2.37. The summed E-state index contributed by atoms with van der Waals surface area (Å²) >= 11 is 5.94. The standard InChI is InChI=1S/C10H6Cl/c11-10-7-3-5-8-4-1-2-6-9(8)10/h1-3,5-7H. The highest BCUT2D eigenvalue weighted by atomic mass is 35.5. The first-order valence-electron chi connectivity index (χ1n) is 3.43. The van der Waals surface area contributed by atoms with Crippen molar-refractivity contribution >= 4 is 22.4 Å². The Kier molecular flexibility index (Phi) is 1.55. The summed E-state index contributed by atoms with van der Waals surface area (Å²) < 4.78 is 0. The van der Waals surface area contributed by atoms with E-state index in [1.165, 1.54) is 0 Å². The van der Waals surface area contributed by atoms with E-state index in [0.29, 0.717) is 0 Å². The topological polar surface area (TPSA) is 0 Å². The van der Waals surface area contributed by atoms with Crippen LogP contribution in [0.25, 0.3) is 10.8 Å². The van der Waals surface area contributed by atoms with Crippen LogP contribution in [0.3, 0.4) is 0 Å². The first-order valence-corrected chi connectivity index (χ1v) is 3.80. The van der Waals surface area contributed by atoms with Crippen LogP contribution >= 0.6 is 11.6 Å². The summed E-state index contributed by atoms with van der Waals surface area (Å²) in [5, 5.41) is 2.93. The summed E-state index contributed by atoms with van der Waals surface area (Å²) in [5.74, 6) is 0. The predicted octanol–water partition coefficient (Wildman–Crippen LogP) is 3.29. The molecule has 0 aromatic heterocycles. The zero-order chi connectivity index (χ0) is 7.68. The van der Waals surface area contributed by atoms with Crippen molar-refractivity contribution in [2.45, 2.75) is 0 Å². The van der Waals surface area contributed by atoms with E-state index in [9.17, 15) is 0 Å². The van der Waals surface area contributed by atoms with Gasteiger partial charge in [-0.15, -0.1) is 0 Å². The molecule has 0 heterocycles. The molecule has 0 bridgehead atoms. The summed E-state index contributed by atoms with van der Waals surface area (Å²) in [6.07, 6.45) is 0. The molecule has 11 heavy (non-hydrogen) atoms. The van der Waals surface area contributed by atoms with Crippen LogP contribution in [-0.2, 0) is 0 Å². The molecule has 0 amide bonds. The zero-order valence-electron chi connectivity index (χ0n) is 5.84. The van der Waals surface area contributed by atoms with Gasteiger partial charge in [0.15, 0.2) is 0 Å². The zero-order valence-corrected chi connectivity index (χ0v) is 6.60. The summed E-state index contributed by atoms with van der Waals surface area (Å²) in [7, 11) is 0. The van der Waals surface area contributed by atoms with Gasteiger partial charge >= 0.3 is 0 Å². The fourth-order valence-electron chi connectivity index (χ4n) is 1.11. The van der Waals surface area contributed by atoms with E-state index in [4.69, 9.17) is 11.6 Å². The third-order valence-electron chi connectivity index (χ3n) is 1.65. The highest BCUT2D eigenvalue weighted by Crippen LogP contribution is 2.21. The lowest BCUT2D eigenvalue weighted by Gasteiger charge is -1.96. The van der Waals surface area contributed by atoms with Crippen molar-refractivity contribution < 1.29 is 0 Å². The third kappa shape index (κ3) is 1.10. The molecule has 0 saturated heterocycles. The Labute approximate surface area is 70.4 Å². The first kappa shape index (κ1) is 6.68. The van der Waals surface area contributed by atoms with Gasteiger partial charge in [-0.1, -0.05) is 41.9 Å². The van der Waals surface area contributed by atoms with Gasteiger partial charge in [-0.2, -0.15) is 0 Å². The smallest absolute Gasteiger partial charge is 0.0484 e. The fourth-order valence-corrected chi connectivity index (χ4v) is 1.35. The van der Waals surface area contributed by atoms with Crippen molar-refractivity contribution in [2.24, 2.45) is 0 Å². The summed E-state index contributed by atoms with van der Waals surface area (Å²) in [5.41, 5.74) is 0. The number of fused-ring (bicyclic) bond motifs is 1. The maximum absolute atomic E-state index is 5.94. The minimum absolute atomic E-state index is 0.791. The lowest BCUT2D eigenvalue weighted by molar-refractivity contribution is 1.74. The molecule has 0 aliphatic rings. The fraction of sp³-hybridized carbons (Fsp3) is 0. The van der Waals surface area contributed by atoms with Gasteiger partial charge in [0.25, 0.3) is 0 Å². The molecule has 0 atom stereocenters. The molecule has 2 aromatic rings. The summed E-state index contributed by atoms with van der Waals surface area (Å²) in [6, 6.07) is 14.7. The van der Waals surface area contributed by atoms with Gasteiger partial charge in [0.1, 0.15) is 0 Å². The van der Waals surface area contributed by atoms with Crippen LogP contribution in [-0.4, -0.2) is 0 Å². The highest BCUT2D eigenvalue weighted by Gasteiger charge is 1.94. The molecule has 1 heteroatoms. The Bertz CT molecular complexity index is 374. The van der Waals surface area contributed by atoms with Crippen LogP contribution < -0.4 is 0 Å². The van der Waals surface area contributed by atoms with E-state index in [1.807, 2.05) is 36.4 Å². The van der Waals surface area contributed by atoms with Crippen LogP contribution in [0.5, 0.6) is 0 Å². The van der Waals surface area contributed by atoms with Gasteiger partial charge in [0.05, 0.1) is 0 Å². The van der Waals surface area contributed by atoms with Gasteiger partial charge in [0, 0.05) is 10.4 Å². The molecule has 53 valence electrons. The maximum atomic E-state index is 5.94. The van der Waals surface area contributed by atoms with Gasteiger partial charge in [-0.25, -0.2) is 0 Å². The average molecular weight is 162 g/mol. The number of hydrogen-bond acceptors (Lipinski definition) is 0. The van der Waals surface area contributed by atoms with Crippen LogP contribution in [0.1, 0.15) is 0 Å². The lowest BCUT2D eigenvalue weighted by Crippen LogP contribution is -1.71. The Hall–Kier alpha value is -1.01. The summed E-state index contributed by atoms with van der Waals surface area (Å²) in [4.78, 5) is 0. The molecule has 0 aliphatic heterocycles. The van der Waals surface area contributed by atoms with E-state index in [0.717, 1.165) is 15.8 Å². The Morgan fingerprint density at radius 3 is 2.82 bits per heavy atom. The van der Waals surface area contributed by atoms with E-state index in [2.05, 4.69) is 6.07 Å². The largest absolute Gasteiger partial charge is 0.0837 e. The molecule has 0 spiro atoms. The molecule has 0 unspecified atom stereocenters. The van der Waals surface area contributed by atoms with Crippen molar-refractivity contribution in [3.8, 4) is 0 Å². The van der Waals surface area contributed by atoms with E-state index in [-0.39, 0.29) is 0 Å². The Morgan fingerprint density at radius 1 is 1.09 bits per heavy atom. The van der Waals surface area contributed by atoms with Crippen molar-refractivity contribution in [3.05, 3.63) is 47.5 Å². The Balaban J connectivity index is 2.91. The normalized spacial score (nSPS) is 10.3. The highest BCUT2D eigenvalue weighted by molar-refractivity contribution is 6.35. The van der Waals surface area contributed by atoms with Crippen LogP contribution in [0.15, 0.2) is 36.4 Å². The monoisotopic (exact) mass is 161 g/mol. The summed E-state index contributed by atoms with van der Waals surface area (Å²) in [6.45, 7) is 0. The van der Waals surface area contributed by atoms with Crippen molar-refractivity contribution in [3.63, 3.8) is 0 Å². The van der Waals surface area contributed by atoms with Crippen LogP contribution in [0.4, 0.5) is 0 Å². The number of rotatable bonds is 0. The lowest BCUT2D eigenvalue weighted by atomic mass is 10.1. The molecule has 2 rings (SSSR count). The molecule has 0 aliphatic carbocycles. The number of benzene rings is 2. The maximum Gasteiger partial charge on any atom is 0.0484 e. The molecule has 2 aromatic carbocycles. The van der Waals surface area contributed by atoms with E-state index < -0.39 is 0 Å². The van der Waals surface area contributed by atoms with Gasteiger partial charge in [-0.05, 0) is 17.5 Å². The molecular formula is C10H6Cl. The molecule has 0 N–H and O–H groups in total.